The number of aromatic nitrogens is 3. The molecule has 3 aromatic heterocycles. The number of halogens is 1. The summed E-state index contributed by atoms with van der Waals surface area (Å²) in [5, 5.41) is 16.9. The standard InChI is InChI=1S/C17H18FN5O2S.C2H6/c1-9(24)6-20-16(25)14-15-13(3-4-26-15)22-17(23-14)21-10(2)11-5-12(18)8-19-7-11;1-2/h3-5,7-10,24H,6H2,1-2H3,(H,20,25)(H,21,22,23);1-2H3. The van der Waals surface area contributed by atoms with Crippen molar-refractivity contribution < 1.29 is 14.3 Å². The Morgan fingerprint density at radius 2 is 2.04 bits per heavy atom. The summed E-state index contributed by atoms with van der Waals surface area (Å²) in [6, 6.07) is 2.87. The second-order valence-electron chi connectivity index (χ2n) is 5.89. The monoisotopic (exact) mass is 405 g/mol. The fourth-order valence-corrected chi connectivity index (χ4v) is 3.17. The minimum absolute atomic E-state index is 0.129. The molecular formula is C19H24FN5O2S. The van der Waals surface area contributed by atoms with Crippen LogP contribution in [-0.2, 0) is 0 Å². The van der Waals surface area contributed by atoms with Crippen LogP contribution in [0.3, 0.4) is 0 Å². The minimum Gasteiger partial charge on any atom is -0.392 e. The zero-order chi connectivity index (χ0) is 20.7. The van der Waals surface area contributed by atoms with Crippen LogP contribution in [0.1, 0.15) is 49.8 Å². The molecule has 0 aromatic carbocycles. The number of aliphatic hydroxyl groups excluding tert-OH is 1. The molecule has 3 heterocycles. The van der Waals surface area contributed by atoms with E-state index < -0.39 is 11.9 Å². The fraction of sp³-hybridized carbons (Fsp3) is 0.368. The van der Waals surface area contributed by atoms with Gasteiger partial charge in [-0.1, -0.05) is 13.8 Å². The zero-order valence-electron chi connectivity index (χ0n) is 16.2. The topological polar surface area (TPSA) is 100 Å². The Kier molecular flexibility index (Phi) is 7.77. The van der Waals surface area contributed by atoms with Crippen molar-refractivity contribution in [1.82, 2.24) is 20.3 Å². The van der Waals surface area contributed by atoms with Crippen molar-refractivity contribution in [3.63, 3.8) is 0 Å². The Labute approximate surface area is 167 Å². The Bertz CT molecular complexity index is 932. The number of carbonyl (C=O) groups excluding carboxylic acids is 1. The summed E-state index contributed by atoms with van der Waals surface area (Å²) in [6.07, 6.45) is 2.03. The molecule has 150 valence electrons. The molecule has 0 saturated carbocycles. The molecule has 0 spiro atoms. The van der Waals surface area contributed by atoms with E-state index in [1.807, 2.05) is 26.2 Å². The molecule has 0 aliphatic carbocycles. The summed E-state index contributed by atoms with van der Waals surface area (Å²) in [5.74, 6) is -0.553. The number of nitrogens with one attached hydrogen (secondary N) is 2. The largest absolute Gasteiger partial charge is 0.392 e. The maximum Gasteiger partial charge on any atom is 0.271 e. The van der Waals surface area contributed by atoms with E-state index in [1.165, 1.54) is 17.4 Å². The second kappa shape index (κ2) is 10.0. The molecule has 7 nitrogen and oxygen atoms in total. The minimum atomic E-state index is -0.655. The van der Waals surface area contributed by atoms with Gasteiger partial charge in [-0.25, -0.2) is 14.4 Å². The molecule has 0 radical (unpaired) electrons. The van der Waals surface area contributed by atoms with Gasteiger partial charge >= 0.3 is 0 Å². The molecule has 0 bridgehead atoms. The average molecular weight is 405 g/mol. The number of amides is 1. The van der Waals surface area contributed by atoms with Crippen LogP contribution in [-0.4, -0.2) is 38.6 Å². The Morgan fingerprint density at radius 3 is 2.71 bits per heavy atom. The molecule has 0 saturated heterocycles. The lowest BCUT2D eigenvalue weighted by Gasteiger charge is -2.15. The lowest BCUT2D eigenvalue weighted by molar-refractivity contribution is 0.0921. The van der Waals surface area contributed by atoms with Crippen LogP contribution in [0.25, 0.3) is 10.2 Å². The van der Waals surface area contributed by atoms with Crippen LogP contribution in [0.5, 0.6) is 0 Å². The van der Waals surface area contributed by atoms with Gasteiger partial charge in [0.1, 0.15) is 5.82 Å². The van der Waals surface area contributed by atoms with E-state index >= 15 is 0 Å². The quantitative estimate of drug-likeness (QED) is 0.580. The van der Waals surface area contributed by atoms with Crippen LogP contribution in [0.15, 0.2) is 29.9 Å². The van der Waals surface area contributed by atoms with E-state index in [2.05, 4.69) is 25.6 Å². The SMILES string of the molecule is CC.CC(O)CNC(=O)c1nc(NC(C)c2cncc(F)c2)nc2ccsc12. The molecule has 1 amide bonds. The van der Waals surface area contributed by atoms with Crippen molar-refractivity contribution >= 4 is 33.4 Å². The number of fused-ring (bicyclic) bond motifs is 1. The van der Waals surface area contributed by atoms with Gasteiger partial charge in [0.25, 0.3) is 5.91 Å². The van der Waals surface area contributed by atoms with Gasteiger partial charge < -0.3 is 15.7 Å². The van der Waals surface area contributed by atoms with Gasteiger partial charge in [-0.2, -0.15) is 0 Å². The van der Waals surface area contributed by atoms with E-state index in [-0.39, 0.29) is 30.1 Å². The molecule has 3 rings (SSSR count). The number of nitrogens with zero attached hydrogens (tertiary/aromatic N) is 3. The van der Waals surface area contributed by atoms with Crippen LogP contribution in [0, 0.1) is 5.82 Å². The molecule has 9 heteroatoms. The lowest BCUT2D eigenvalue weighted by atomic mass is 10.1. The molecule has 0 aliphatic rings. The highest BCUT2D eigenvalue weighted by molar-refractivity contribution is 7.17. The maximum atomic E-state index is 13.4. The highest BCUT2D eigenvalue weighted by Crippen LogP contribution is 2.25. The third-order valence-electron chi connectivity index (χ3n) is 3.65. The van der Waals surface area contributed by atoms with E-state index in [0.717, 1.165) is 6.20 Å². The summed E-state index contributed by atoms with van der Waals surface area (Å²) in [6.45, 7) is 7.54. The van der Waals surface area contributed by atoms with Crippen LogP contribution >= 0.6 is 11.3 Å². The average Bonchev–Trinajstić information content (AvgIpc) is 3.15. The van der Waals surface area contributed by atoms with Gasteiger partial charge in [0.2, 0.25) is 5.95 Å². The first-order chi connectivity index (χ1) is 13.4. The van der Waals surface area contributed by atoms with E-state index in [1.54, 1.807) is 19.2 Å². The first kappa shape index (κ1) is 21.6. The maximum absolute atomic E-state index is 13.4. The zero-order valence-corrected chi connectivity index (χ0v) is 17.0. The second-order valence-corrected chi connectivity index (χ2v) is 6.81. The molecule has 28 heavy (non-hydrogen) atoms. The van der Waals surface area contributed by atoms with Gasteiger partial charge in [0, 0.05) is 12.7 Å². The fourth-order valence-electron chi connectivity index (χ4n) is 2.35. The number of anilines is 1. The summed E-state index contributed by atoms with van der Waals surface area (Å²) in [7, 11) is 0. The Morgan fingerprint density at radius 1 is 1.29 bits per heavy atom. The summed E-state index contributed by atoms with van der Waals surface area (Å²) < 4.78 is 14.0. The number of hydrogen-bond donors (Lipinski definition) is 3. The van der Waals surface area contributed by atoms with Crippen LogP contribution in [0.4, 0.5) is 10.3 Å². The van der Waals surface area contributed by atoms with Crippen molar-refractivity contribution in [1.29, 1.82) is 0 Å². The van der Waals surface area contributed by atoms with Crippen molar-refractivity contribution in [2.24, 2.45) is 0 Å². The van der Waals surface area contributed by atoms with Crippen molar-refractivity contribution in [2.75, 3.05) is 11.9 Å². The van der Waals surface area contributed by atoms with Gasteiger partial charge in [-0.15, -0.1) is 11.3 Å². The van der Waals surface area contributed by atoms with Crippen molar-refractivity contribution in [3.8, 4) is 0 Å². The summed E-state index contributed by atoms with van der Waals surface area (Å²) >= 11 is 1.37. The van der Waals surface area contributed by atoms with Gasteiger partial charge in [0.15, 0.2) is 5.69 Å². The van der Waals surface area contributed by atoms with Crippen LogP contribution < -0.4 is 10.6 Å². The first-order valence-corrected chi connectivity index (χ1v) is 9.90. The number of rotatable bonds is 6. The lowest BCUT2D eigenvalue weighted by Crippen LogP contribution is -2.31. The number of carbonyl (C=O) groups is 1. The van der Waals surface area contributed by atoms with Crippen molar-refractivity contribution in [2.45, 2.75) is 39.8 Å². The first-order valence-electron chi connectivity index (χ1n) is 9.02. The molecule has 3 N–H and O–H groups in total. The third-order valence-corrected chi connectivity index (χ3v) is 4.56. The van der Waals surface area contributed by atoms with Crippen molar-refractivity contribution in [3.05, 3.63) is 47.0 Å². The molecule has 0 aliphatic heterocycles. The molecule has 0 fully saturated rings. The predicted octanol–water partition coefficient (Wildman–Crippen LogP) is 3.54. The highest BCUT2D eigenvalue weighted by atomic mass is 32.1. The molecule has 2 atom stereocenters. The number of hydrogen-bond acceptors (Lipinski definition) is 7. The van der Waals surface area contributed by atoms with E-state index in [0.29, 0.717) is 15.8 Å². The third kappa shape index (κ3) is 5.43. The summed E-state index contributed by atoms with van der Waals surface area (Å²) in [5.41, 5.74) is 1.51. The number of thiophene rings is 1. The highest BCUT2D eigenvalue weighted by Gasteiger charge is 2.18. The van der Waals surface area contributed by atoms with Gasteiger partial charge in [-0.3, -0.25) is 9.78 Å². The number of aliphatic hydroxyl groups is 1. The Balaban J connectivity index is 0.00000136. The van der Waals surface area contributed by atoms with Crippen LogP contribution in [0.2, 0.25) is 0 Å². The van der Waals surface area contributed by atoms with Gasteiger partial charge in [-0.05, 0) is 36.9 Å². The molecular weight excluding hydrogens is 381 g/mol. The smallest absolute Gasteiger partial charge is 0.271 e. The Hall–Kier alpha value is -2.65. The van der Waals surface area contributed by atoms with E-state index in [4.69, 9.17) is 0 Å². The normalized spacial score (nSPS) is 12.6. The number of pyridine rings is 1. The van der Waals surface area contributed by atoms with Gasteiger partial charge in [0.05, 0.1) is 28.6 Å². The predicted molar refractivity (Wildman–Crippen MR) is 109 cm³/mol. The summed E-state index contributed by atoms with van der Waals surface area (Å²) in [4.78, 5) is 25.0. The van der Waals surface area contributed by atoms with E-state index in [9.17, 15) is 14.3 Å². The molecule has 3 aromatic rings. The molecule has 2 unspecified atom stereocenters.